The predicted octanol–water partition coefficient (Wildman–Crippen LogP) is 0.355. The van der Waals surface area contributed by atoms with Crippen LogP contribution in [0.25, 0.3) is 0 Å². The van der Waals surface area contributed by atoms with Gasteiger partial charge in [0, 0.05) is 38.6 Å². The average Bonchev–Trinajstić information content (AvgIpc) is 2.88. The number of aliphatic hydroxyl groups is 1. The van der Waals surface area contributed by atoms with Gasteiger partial charge < -0.3 is 14.7 Å². The zero-order valence-corrected chi connectivity index (χ0v) is 13.6. The molecule has 1 fully saturated rings. The quantitative estimate of drug-likeness (QED) is 0.850. The highest BCUT2D eigenvalue weighted by molar-refractivity contribution is 7.09. The summed E-state index contributed by atoms with van der Waals surface area (Å²) in [6.45, 7) is 4.22. The van der Waals surface area contributed by atoms with E-state index >= 15 is 0 Å². The van der Waals surface area contributed by atoms with E-state index in [1.165, 1.54) is 11.3 Å². The number of carbonyl (C=O) groups is 1. The first-order valence-electron chi connectivity index (χ1n) is 7.09. The second kappa shape index (κ2) is 7.31. The summed E-state index contributed by atoms with van der Waals surface area (Å²) >= 11 is 1.53. The van der Waals surface area contributed by atoms with Crippen LogP contribution in [-0.4, -0.2) is 71.8 Å². The fraction of sp³-hybridized carbons (Fsp3) is 0.714. The first-order valence-corrected chi connectivity index (χ1v) is 7.97. The molecule has 2 heterocycles. The van der Waals surface area contributed by atoms with Crippen LogP contribution in [-0.2, 0) is 22.5 Å². The molecule has 0 radical (unpaired) electrons. The summed E-state index contributed by atoms with van der Waals surface area (Å²) in [5, 5.41) is 12.1. The van der Waals surface area contributed by atoms with Crippen molar-refractivity contribution in [3.05, 3.63) is 16.1 Å². The van der Waals surface area contributed by atoms with Crippen LogP contribution in [0.15, 0.2) is 5.38 Å². The van der Waals surface area contributed by atoms with Gasteiger partial charge in [0.15, 0.2) is 0 Å². The maximum Gasteiger partial charge on any atom is 0.228 e. The molecule has 118 valence electrons. The molecule has 0 aromatic carbocycles. The number of ether oxygens (including phenoxy) is 1. The van der Waals surface area contributed by atoms with Crippen molar-refractivity contribution in [2.75, 3.05) is 33.9 Å². The number of rotatable bonds is 5. The minimum absolute atomic E-state index is 0.0445. The molecule has 1 N–H and O–H groups in total. The Balaban J connectivity index is 1.93. The second-order valence-corrected chi connectivity index (χ2v) is 6.56. The number of aliphatic hydroxyl groups excluding tert-OH is 1. The Labute approximate surface area is 129 Å². The van der Waals surface area contributed by atoms with Crippen molar-refractivity contribution in [1.82, 2.24) is 14.8 Å². The Kier molecular flexibility index (Phi) is 5.69. The highest BCUT2D eigenvalue weighted by atomic mass is 32.1. The lowest BCUT2D eigenvalue weighted by Crippen LogP contribution is -2.48. The fourth-order valence-corrected chi connectivity index (χ4v) is 2.98. The molecule has 0 spiro atoms. The zero-order chi connectivity index (χ0) is 15.4. The van der Waals surface area contributed by atoms with Crippen molar-refractivity contribution in [3.63, 3.8) is 0 Å². The summed E-state index contributed by atoms with van der Waals surface area (Å²) in [4.78, 5) is 20.1. The third-order valence-corrected chi connectivity index (χ3v) is 4.50. The van der Waals surface area contributed by atoms with Crippen LogP contribution in [0.2, 0.25) is 0 Å². The van der Waals surface area contributed by atoms with Crippen LogP contribution >= 0.6 is 11.3 Å². The third kappa shape index (κ3) is 4.47. The Hall–Kier alpha value is -1.02. The summed E-state index contributed by atoms with van der Waals surface area (Å²) in [7, 11) is 3.50. The topological polar surface area (TPSA) is 65.9 Å². The first-order chi connectivity index (χ1) is 9.99. The van der Waals surface area contributed by atoms with E-state index in [-0.39, 0.29) is 18.6 Å². The number of hydrogen-bond acceptors (Lipinski definition) is 6. The van der Waals surface area contributed by atoms with Gasteiger partial charge in [0.25, 0.3) is 0 Å². The molecule has 1 aromatic heterocycles. The molecule has 2 rings (SSSR count). The Morgan fingerprint density at radius 3 is 3.05 bits per heavy atom. The van der Waals surface area contributed by atoms with E-state index in [0.29, 0.717) is 25.6 Å². The van der Waals surface area contributed by atoms with Gasteiger partial charge in [-0.2, -0.15) is 0 Å². The number of thiazole rings is 1. The third-order valence-electron chi connectivity index (χ3n) is 3.60. The van der Waals surface area contributed by atoms with Crippen LogP contribution in [0.3, 0.4) is 0 Å². The highest BCUT2D eigenvalue weighted by Crippen LogP contribution is 2.18. The van der Waals surface area contributed by atoms with E-state index in [2.05, 4.69) is 16.8 Å². The number of aromatic nitrogens is 1. The number of nitrogens with zero attached hydrogens (tertiary/aromatic N) is 3. The minimum atomic E-state index is -0.116. The van der Waals surface area contributed by atoms with E-state index in [4.69, 9.17) is 4.74 Å². The van der Waals surface area contributed by atoms with E-state index < -0.39 is 0 Å². The van der Waals surface area contributed by atoms with Crippen molar-refractivity contribution in [3.8, 4) is 0 Å². The van der Waals surface area contributed by atoms with Gasteiger partial charge in [-0.1, -0.05) is 0 Å². The van der Waals surface area contributed by atoms with Crippen LogP contribution in [0.4, 0.5) is 0 Å². The average molecular weight is 313 g/mol. The van der Waals surface area contributed by atoms with Gasteiger partial charge in [-0.3, -0.25) is 9.69 Å². The minimum Gasteiger partial charge on any atom is -0.394 e. The van der Waals surface area contributed by atoms with Gasteiger partial charge in [0.2, 0.25) is 5.91 Å². The smallest absolute Gasteiger partial charge is 0.228 e. The molecule has 2 unspecified atom stereocenters. The van der Waals surface area contributed by atoms with Gasteiger partial charge in [-0.05, 0) is 6.92 Å². The van der Waals surface area contributed by atoms with E-state index in [0.717, 1.165) is 17.2 Å². The molecule has 0 bridgehead atoms. The number of hydrogen-bond donors (Lipinski definition) is 1. The Bertz CT molecular complexity index is 478. The molecule has 1 amide bonds. The van der Waals surface area contributed by atoms with Gasteiger partial charge >= 0.3 is 0 Å². The Morgan fingerprint density at radius 1 is 1.62 bits per heavy atom. The van der Waals surface area contributed by atoms with Crippen molar-refractivity contribution in [1.29, 1.82) is 0 Å². The first kappa shape index (κ1) is 16.4. The lowest BCUT2D eigenvalue weighted by atomic mass is 10.2. The summed E-state index contributed by atoms with van der Waals surface area (Å²) in [6, 6.07) is 0.307. The number of morpholine rings is 1. The van der Waals surface area contributed by atoms with Crippen molar-refractivity contribution >= 4 is 17.2 Å². The number of likely N-dealkylation sites (N-methyl/N-ethyl adjacent to an activating group) is 1. The van der Waals surface area contributed by atoms with Crippen LogP contribution in [0.1, 0.15) is 17.6 Å². The molecular formula is C14H23N3O3S. The highest BCUT2D eigenvalue weighted by Gasteiger charge is 2.26. The SMILES string of the molecule is CC1COC(CO)CN1Cc1csc(CC(=O)N(C)C)n1. The molecule has 1 aromatic rings. The van der Waals surface area contributed by atoms with E-state index in [1.807, 2.05) is 5.38 Å². The van der Waals surface area contributed by atoms with Gasteiger partial charge in [-0.25, -0.2) is 4.98 Å². The van der Waals surface area contributed by atoms with Crippen LogP contribution in [0, 0.1) is 0 Å². The molecule has 1 aliphatic heterocycles. The predicted molar refractivity (Wildman–Crippen MR) is 81.2 cm³/mol. The zero-order valence-electron chi connectivity index (χ0n) is 12.8. The number of carbonyl (C=O) groups excluding carboxylic acids is 1. The number of amides is 1. The summed E-state index contributed by atoms with van der Waals surface area (Å²) in [6.07, 6.45) is 0.241. The fourth-order valence-electron chi connectivity index (χ4n) is 2.20. The molecule has 2 atom stereocenters. The molecule has 0 aliphatic carbocycles. The maximum atomic E-state index is 11.7. The maximum absolute atomic E-state index is 11.7. The molecule has 7 heteroatoms. The molecule has 0 saturated carbocycles. The van der Waals surface area contributed by atoms with E-state index in [9.17, 15) is 9.90 Å². The standard InChI is InChI=1S/C14H23N3O3S/c1-10-8-20-12(7-18)6-17(10)5-11-9-21-13(15-11)4-14(19)16(2)3/h9-10,12,18H,4-8H2,1-3H3. The van der Waals surface area contributed by atoms with Gasteiger partial charge in [0.05, 0.1) is 31.4 Å². The molecule has 6 nitrogen and oxygen atoms in total. The lowest BCUT2D eigenvalue weighted by Gasteiger charge is -2.36. The van der Waals surface area contributed by atoms with Crippen LogP contribution in [0.5, 0.6) is 0 Å². The van der Waals surface area contributed by atoms with Gasteiger partial charge in [-0.15, -0.1) is 11.3 Å². The monoisotopic (exact) mass is 313 g/mol. The van der Waals surface area contributed by atoms with Crippen molar-refractivity contribution < 1.29 is 14.6 Å². The summed E-state index contributed by atoms with van der Waals surface area (Å²) in [5.74, 6) is 0.0657. The van der Waals surface area contributed by atoms with Gasteiger partial charge in [0.1, 0.15) is 5.01 Å². The molecule has 21 heavy (non-hydrogen) atoms. The normalized spacial score (nSPS) is 23.2. The van der Waals surface area contributed by atoms with E-state index in [1.54, 1.807) is 19.0 Å². The summed E-state index contributed by atoms with van der Waals surface area (Å²) < 4.78 is 5.53. The molecule has 1 aliphatic rings. The lowest BCUT2D eigenvalue weighted by molar-refractivity contribution is -0.127. The summed E-state index contributed by atoms with van der Waals surface area (Å²) in [5.41, 5.74) is 0.979. The van der Waals surface area contributed by atoms with Crippen molar-refractivity contribution in [2.24, 2.45) is 0 Å². The van der Waals surface area contributed by atoms with Crippen LogP contribution < -0.4 is 0 Å². The largest absolute Gasteiger partial charge is 0.394 e. The Morgan fingerprint density at radius 2 is 2.38 bits per heavy atom. The molecule has 1 saturated heterocycles. The second-order valence-electron chi connectivity index (χ2n) is 5.61. The molecular weight excluding hydrogens is 290 g/mol. The van der Waals surface area contributed by atoms with Crippen molar-refractivity contribution in [2.45, 2.75) is 32.0 Å².